The Morgan fingerprint density at radius 3 is 1.46 bits per heavy atom. The van der Waals surface area contributed by atoms with Crippen LogP contribution in [0.25, 0.3) is 22.3 Å². The first-order chi connectivity index (χ1) is 39.0. The van der Waals surface area contributed by atoms with Gasteiger partial charge < -0.3 is 14.7 Å². The summed E-state index contributed by atoms with van der Waals surface area (Å²) in [5.41, 5.74) is 30.1. The zero-order chi connectivity index (χ0) is 58.5. The molecule has 83 heavy (non-hydrogen) atoms. The second-order valence-corrected chi connectivity index (χ2v) is 31.7. The summed E-state index contributed by atoms with van der Waals surface area (Å²) in [4.78, 5) is 8.39. The molecule has 422 valence electrons. The SMILES string of the molecule is CC(C)(C)c1ccc(N2c3ccc4cc3B3c5cc6c(cc5N(c5ccc(C(C)(C)C)cc5-c5ccccc5)c5cc(C(C)(C)C)cc2c53)C(C)(C)CCC6(C)c2cc3c(cc2C(C)(C)C)C2(C)CCCCC2(C)N43)c(-c2ccccc2)c1. The second kappa shape index (κ2) is 17.7. The molecule has 14 rings (SSSR count). The normalized spacial score (nSPS) is 21.9. The number of fused-ring (bicyclic) bond motifs is 7. The van der Waals surface area contributed by atoms with Crippen molar-refractivity contribution < 1.29 is 0 Å². The van der Waals surface area contributed by atoms with Crippen molar-refractivity contribution in [1.29, 1.82) is 0 Å². The largest absolute Gasteiger partial charge is 0.334 e. The van der Waals surface area contributed by atoms with Gasteiger partial charge in [-0.3, -0.25) is 0 Å². The summed E-state index contributed by atoms with van der Waals surface area (Å²) in [5, 5.41) is 0. The van der Waals surface area contributed by atoms with E-state index in [0.717, 1.165) is 19.3 Å². The van der Waals surface area contributed by atoms with Gasteiger partial charge in [-0.25, -0.2) is 0 Å². The molecule has 4 aliphatic heterocycles. The fourth-order valence-electron chi connectivity index (χ4n) is 16.6. The maximum Gasteiger partial charge on any atom is 0.252 e. The molecule has 0 saturated heterocycles. The molecule has 0 radical (unpaired) electrons. The van der Waals surface area contributed by atoms with E-state index in [1.165, 1.54) is 142 Å². The van der Waals surface area contributed by atoms with Gasteiger partial charge in [-0.1, -0.05) is 209 Å². The van der Waals surface area contributed by atoms with Crippen LogP contribution in [0.15, 0.2) is 152 Å². The van der Waals surface area contributed by atoms with Gasteiger partial charge in [0.25, 0.3) is 6.71 Å². The Labute approximate surface area is 498 Å². The van der Waals surface area contributed by atoms with Crippen molar-refractivity contribution in [2.24, 2.45) is 0 Å². The Morgan fingerprint density at radius 1 is 0.386 bits per heavy atom. The number of nitrogens with zero attached hydrogens (tertiary/aromatic N) is 3. The smallest absolute Gasteiger partial charge is 0.252 e. The van der Waals surface area contributed by atoms with Gasteiger partial charge >= 0.3 is 0 Å². The lowest BCUT2D eigenvalue weighted by Crippen LogP contribution is -2.62. The van der Waals surface area contributed by atoms with Crippen LogP contribution in [0, 0.1) is 0 Å². The minimum atomic E-state index is -0.262. The Hall–Kier alpha value is -6.78. The molecule has 0 N–H and O–H groups in total. The van der Waals surface area contributed by atoms with E-state index in [1.807, 2.05) is 0 Å². The summed E-state index contributed by atoms with van der Waals surface area (Å²) in [6.45, 7) is 41.8. The highest BCUT2D eigenvalue weighted by molar-refractivity contribution is 7.00. The molecule has 4 heteroatoms. The van der Waals surface area contributed by atoms with Gasteiger partial charge in [0.15, 0.2) is 0 Å². The van der Waals surface area contributed by atoms with E-state index >= 15 is 0 Å². The minimum absolute atomic E-state index is 0.0283. The van der Waals surface area contributed by atoms with Crippen LogP contribution < -0.4 is 31.1 Å². The standard InChI is InChI=1S/C79H88BN3/c1-72(2,3)51-30-33-64(55(40-51)49-26-20-18-21-27-49)81-66-35-32-54-44-62(66)80-63-46-59-58(76(13,14)38-39-77(59,15)60-48-67-61(45-57(60)75(10,11)12)78(16)36-24-25-37-79(78,17)83(54)67)47-68(63)82(70-43-53(74(7,8)9)42-69(81)71(70)80)65-34-31-52(73(4,5)6)41-56(65)50-28-22-19-23-29-50/h18-23,26-35,40-48H,24-25,36-39H2,1-17H3. The van der Waals surface area contributed by atoms with E-state index in [2.05, 4.69) is 284 Å². The first kappa shape index (κ1) is 54.2. The van der Waals surface area contributed by atoms with Gasteiger partial charge in [-0.2, -0.15) is 0 Å². The number of anilines is 8. The van der Waals surface area contributed by atoms with Crippen molar-refractivity contribution in [3.63, 3.8) is 0 Å². The summed E-state index contributed by atoms with van der Waals surface area (Å²) >= 11 is 0. The minimum Gasteiger partial charge on any atom is -0.334 e. The van der Waals surface area contributed by atoms with Crippen LogP contribution in [0.4, 0.5) is 45.5 Å². The Kier molecular flexibility index (Phi) is 11.5. The van der Waals surface area contributed by atoms with E-state index in [1.54, 1.807) is 5.56 Å². The highest BCUT2D eigenvalue weighted by atomic mass is 15.3. The lowest BCUT2D eigenvalue weighted by Gasteiger charge is -2.51. The van der Waals surface area contributed by atoms with E-state index in [-0.39, 0.29) is 50.2 Å². The zero-order valence-electron chi connectivity index (χ0n) is 53.1. The fourth-order valence-corrected chi connectivity index (χ4v) is 16.6. The van der Waals surface area contributed by atoms with Gasteiger partial charge in [-0.05, 0) is 198 Å². The highest BCUT2D eigenvalue weighted by Crippen LogP contribution is 2.64. The predicted molar refractivity (Wildman–Crippen MR) is 358 cm³/mol. The van der Waals surface area contributed by atoms with Gasteiger partial charge in [0, 0.05) is 56.1 Å². The molecule has 0 spiro atoms. The monoisotopic (exact) mass is 1090 g/mol. The molecule has 3 unspecified atom stereocenters. The molecule has 6 bridgehead atoms. The third-order valence-corrected chi connectivity index (χ3v) is 21.9. The molecule has 1 saturated carbocycles. The Morgan fingerprint density at radius 2 is 0.904 bits per heavy atom. The van der Waals surface area contributed by atoms with Crippen LogP contribution >= 0.6 is 0 Å². The quantitative estimate of drug-likeness (QED) is 0.163. The summed E-state index contributed by atoms with van der Waals surface area (Å²) in [6, 6.07) is 61.4. The lowest BCUT2D eigenvalue weighted by molar-refractivity contribution is 0.195. The molecule has 8 aromatic rings. The van der Waals surface area contributed by atoms with Crippen molar-refractivity contribution in [2.75, 3.05) is 14.7 Å². The van der Waals surface area contributed by atoms with Crippen LogP contribution in [-0.4, -0.2) is 12.3 Å². The number of hydrogen-bond donors (Lipinski definition) is 0. The van der Waals surface area contributed by atoms with Crippen molar-refractivity contribution in [3.05, 3.63) is 196 Å². The average molecular weight is 1090 g/mol. The van der Waals surface area contributed by atoms with Crippen molar-refractivity contribution in [2.45, 2.75) is 200 Å². The van der Waals surface area contributed by atoms with Crippen LogP contribution in [-0.2, 0) is 37.9 Å². The van der Waals surface area contributed by atoms with Crippen molar-refractivity contribution >= 4 is 68.6 Å². The van der Waals surface area contributed by atoms with Crippen LogP contribution in [0.3, 0.4) is 0 Å². The highest BCUT2D eigenvalue weighted by Gasteiger charge is 2.59. The first-order valence-corrected chi connectivity index (χ1v) is 31.5. The molecule has 0 amide bonds. The van der Waals surface area contributed by atoms with Gasteiger partial charge in [0.2, 0.25) is 0 Å². The van der Waals surface area contributed by atoms with E-state index in [4.69, 9.17) is 0 Å². The molecule has 4 heterocycles. The molecule has 1 fully saturated rings. The number of hydrogen-bond acceptors (Lipinski definition) is 3. The summed E-state index contributed by atoms with van der Waals surface area (Å²) in [7, 11) is 0. The molecular formula is C79H88BN3. The van der Waals surface area contributed by atoms with E-state index in [9.17, 15) is 0 Å². The number of rotatable bonds is 4. The van der Waals surface area contributed by atoms with Crippen LogP contribution in [0.2, 0.25) is 0 Å². The zero-order valence-corrected chi connectivity index (χ0v) is 53.1. The first-order valence-electron chi connectivity index (χ1n) is 31.5. The molecule has 2 aliphatic carbocycles. The fraction of sp³-hybridized carbons (Fsp3) is 0.392. The van der Waals surface area contributed by atoms with Crippen LogP contribution in [0.1, 0.15) is 201 Å². The Balaban J connectivity index is 1.19. The third kappa shape index (κ3) is 7.81. The van der Waals surface area contributed by atoms with Crippen molar-refractivity contribution in [3.8, 4) is 22.3 Å². The molecule has 3 nitrogen and oxygen atoms in total. The summed E-state index contributed by atoms with van der Waals surface area (Å²) in [5.74, 6) is 0. The predicted octanol–water partition coefficient (Wildman–Crippen LogP) is 19.7. The van der Waals surface area contributed by atoms with Gasteiger partial charge in [0.1, 0.15) is 0 Å². The maximum atomic E-state index is 2.90. The average Bonchev–Trinajstić information content (AvgIpc) is 3.08. The molecular weight excluding hydrogens is 1000 g/mol. The van der Waals surface area contributed by atoms with E-state index in [0.29, 0.717) is 0 Å². The van der Waals surface area contributed by atoms with E-state index < -0.39 is 0 Å². The van der Waals surface area contributed by atoms with Gasteiger partial charge in [0.05, 0.1) is 16.9 Å². The number of benzene rings is 8. The lowest BCUT2D eigenvalue weighted by atomic mass is 9.33. The maximum absolute atomic E-state index is 2.90. The molecule has 8 aromatic carbocycles. The summed E-state index contributed by atoms with van der Waals surface area (Å²) in [6.07, 6.45) is 7.01. The third-order valence-electron chi connectivity index (χ3n) is 21.9. The Bertz CT molecular complexity index is 4010. The molecule has 6 aliphatic rings. The topological polar surface area (TPSA) is 9.72 Å². The van der Waals surface area contributed by atoms with Crippen LogP contribution in [0.5, 0.6) is 0 Å². The molecule has 0 aromatic heterocycles. The van der Waals surface area contributed by atoms with Crippen molar-refractivity contribution in [1.82, 2.24) is 0 Å². The van der Waals surface area contributed by atoms with Gasteiger partial charge in [-0.15, -0.1) is 0 Å². The summed E-state index contributed by atoms with van der Waals surface area (Å²) < 4.78 is 0. The second-order valence-electron chi connectivity index (χ2n) is 31.7. The molecule has 3 atom stereocenters.